The van der Waals surface area contributed by atoms with Crippen molar-refractivity contribution in [2.24, 2.45) is 0 Å². The van der Waals surface area contributed by atoms with Gasteiger partial charge in [0.25, 0.3) is 5.91 Å². The third-order valence-corrected chi connectivity index (χ3v) is 6.03. The molecule has 0 aliphatic carbocycles. The standard InChI is InChI=1S/C31H38N2O3/c1-22(2)27-16-9-10-17-29(27)36-21-30(34)33(20-26-15-11-12-24(5)18-26)28(31(35)32-23(3)4)19-25-13-7-6-8-14-25/h6-18,22-23,28H,19-21H2,1-5H3,(H,32,35)/t28-/m1/s1. The Morgan fingerprint density at radius 3 is 2.19 bits per heavy atom. The molecule has 0 spiro atoms. The van der Waals surface area contributed by atoms with Crippen LogP contribution < -0.4 is 10.1 Å². The van der Waals surface area contributed by atoms with Crippen molar-refractivity contribution in [2.75, 3.05) is 6.61 Å². The first kappa shape index (κ1) is 27.0. The maximum Gasteiger partial charge on any atom is 0.261 e. The maximum absolute atomic E-state index is 13.7. The number of ether oxygens (including phenoxy) is 1. The second-order valence-corrected chi connectivity index (χ2v) is 9.86. The fourth-order valence-electron chi connectivity index (χ4n) is 4.25. The number of nitrogens with one attached hydrogen (secondary N) is 1. The topological polar surface area (TPSA) is 58.6 Å². The lowest BCUT2D eigenvalue weighted by molar-refractivity contribution is -0.143. The molecule has 1 atom stereocenters. The van der Waals surface area contributed by atoms with Crippen molar-refractivity contribution in [1.29, 1.82) is 0 Å². The number of hydrogen-bond donors (Lipinski definition) is 1. The monoisotopic (exact) mass is 486 g/mol. The van der Waals surface area contributed by atoms with E-state index < -0.39 is 6.04 Å². The molecule has 1 N–H and O–H groups in total. The zero-order valence-corrected chi connectivity index (χ0v) is 22.0. The van der Waals surface area contributed by atoms with E-state index in [2.05, 4.69) is 25.2 Å². The summed E-state index contributed by atoms with van der Waals surface area (Å²) in [6.45, 7) is 10.2. The number of aryl methyl sites for hydroxylation is 1. The minimum atomic E-state index is -0.674. The lowest BCUT2D eigenvalue weighted by atomic mass is 10.0. The van der Waals surface area contributed by atoms with Gasteiger partial charge in [0.1, 0.15) is 11.8 Å². The Labute approximate surface area is 215 Å². The summed E-state index contributed by atoms with van der Waals surface area (Å²) in [4.78, 5) is 28.8. The van der Waals surface area contributed by atoms with Crippen LogP contribution in [0.5, 0.6) is 5.75 Å². The number of carbonyl (C=O) groups is 2. The molecule has 0 aromatic heterocycles. The fraction of sp³-hybridized carbons (Fsp3) is 0.355. The van der Waals surface area contributed by atoms with Crippen molar-refractivity contribution in [3.05, 3.63) is 101 Å². The van der Waals surface area contributed by atoms with Crippen LogP contribution in [-0.2, 0) is 22.6 Å². The molecule has 2 amide bonds. The van der Waals surface area contributed by atoms with Crippen LogP contribution in [0.15, 0.2) is 78.9 Å². The summed E-state index contributed by atoms with van der Waals surface area (Å²) in [5, 5.41) is 3.02. The Hall–Kier alpha value is -3.60. The first-order valence-corrected chi connectivity index (χ1v) is 12.7. The Balaban J connectivity index is 1.93. The van der Waals surface area contributed by atoms with Crippen molar-refractivity contribution in [2.45, 2.75) is 65.6 Å². The van der Waals surface area contributed by atoms with Crippen LogP contribution in [0.1, 0.15) is 55.9 Å². The molecule has 0 saturated carbocycles. The van der Waals surface area contributed by atoms with E-state index in [1.54, 1.807) is 4.90 Å². The largest absolute Gasteiger partial charge is 0.483 e. The third kappa shape index (κ3) is 7.70. The minimum Gasteiger partial charge on any atom is -0.483 e. The van der Waals surface area contributed by atoms with Gasteiger partial charge in [-0.1, -0.05) is 92.2 Å². The van der Waals surface area contributed by atoms with E-state index in [4.69, 9.17) is 4.74 Å². The molecule has 0 unspecified atom stereocenters. The molecular weight excluding hydrogens is 448 g/mol. The molecule has 0 aliphatic rings. The number of hydrogen-bond acceptors (Lipinski definition) is 3. The molecule has 0 bridgehead atoms. The Morgan fingerprint density at radius 1 is 0.861 bits per heavy atom. The molecule has 190 valence electrons. The van der Waals surface area contributed by atoms with Gasteiger partial charge in [-0.25, -0.2) is 0 Å². The lowest BCUT2D eigenvalue weighted by Crippen LogP contribution is -2.52. The third-order valence-electron chi connectivity index (χ3n) is 6.03. The van der Waals surface area contributed by atoms with Crippen molar-refractivity contribution in [3.8, 4) is 5.75 Å². The van der Waals surface area contributed by atoms with Gasteiger partial charge >= 0.3 is 0 Å². The molecule has 0 fully saturated rings. The van der Waals surface area contributed by atoms with Gasteiger partial charge in [0.15, 0.2) is 6.61 Å². The maximum atomic E-state index is 13.7. The summed E-state index contributed by atoms with van der Waals surface area (Å²) in [5.74, 6) is 0.567. The zero-order valence-electron chi connectivity index (χ0n) is 22.0. The molecule has 36 heavy (non-hydrogen) atoms. The van der Waals surface area contributed by atoms with E-state index in [1.807, 2.05) is 93.6 Å². The van der Waals surface area contributed by atoms with Gasteiger partial charge in [0.2, 0.25) is 5.91 Å². The zero-order chi connectivity index (χ0) is 26.1. The second kappa shape index (κ2) is 12.9. The highest BCUT2D eigenvalue weighted by Gasteiger charge is 2.31. The number of rotatable bonds is 11. The lowest BCUT2D eigenvalue weighted by Gasteiger charge is -2.32. The quantitative estimate of drug-likeness (QED) is 0.380. The number of para-hydroxylation sites is 1. The van der Waals surface area contributed by atoms with E-state index in [-0.39, 0.29) is 30.4 Å². The van der Waals surface area contributed by atoms with Crippen LogP contribution in [0.2, 0.25) is 0 Å². The van der Waals surface area contributed by atoms with Crippen molar-refractivity contribution in [1.82, 2.24) is 10.2 Å². The molecule has 3 aromatic carbocycles. The molecule has 0 heterocycles. The molecule has 0 saturated heterocycles. The molecule has 0 radical (unpaired) electrons. The number of amides is 2. The molecule has 0 aliphatic heterocycles. The molecule has 3 rings (SSSR count). The molecule has 5 heteroatoms. The Kier molecular flexibility index (Phi) is 9.69. The number of carbonyl (C=O) groups excluding carboxylic acids is 2. The summed E-state index contributed by atoms with van der Waals surface area (Å²) >= 11 is 0. The summed E-state index contributed by atoms with van der Waals surface area (Å²) < 4.78 is 6.04. The predicted molar refractivity (Wildman–Crippen MR) is 145 cm³/mol. The van der Waals surface area contributed by atoms with Gasteiger partial charge in [-0.3, -0.25) is 9.59 Å². The average molecular weight is 487 g/mol. The molecule has 5 nitrogen and oxygen atoms in total. The summed E-state index contributed by atoms with van der Waals surface area (Å²) in [7, 11) is 0. The van der Waals surface area contributed by atoms with E-state index in [0.717, 1.165) is 22.3 Å². The predicted octanol–water partition coefficient (Wildman–Crippen LogP) is 5.66. The summed E-state index contributed by atoms with van der Waals surface area (Å²) in [5.41, 5.74) is 4.12. The smallest absolute Gasteiger partial charge is 0.261 e. The van der Waals surface area contributed by atoms with Gasteiger partial charge in [0, 0.05) is 19.0 Å². The van der Waals surface area contributed by atoms with Gasteiger partial charge in [-0.15, -0.1) is 0 Å². The molecular formula is C31H38N2O3. The van der Waals surface area contributed by atoms with Crippen LogP contribution >= 0.6 is 0 Å². The minimum absolute atomic E-state index is 0.0409. The Morgan fingerprint density at radius 2 is 1.53 bits per heavy atom. The number of nitrogens with zero attached hydrogens (tertiary/aromatic N) is 1. The van der Waals surface area contributed by atoms with E-state index >= 15 is 0 Å². The van der Waals surface area contributed by atoms with Crippen LogP contribution in [0.4, 0.5) is 0 Å². The summed E-state index contributed by atoms with van der Waals surface area (Å²) in [6, 6.07) is 24.9. The Bertz CT molecular complexity index is 1140. The van der Waals surface area contributed by atoms with E-state index in [9.17, 15) is 9.59 Å². The van der Waals surface area contributed by atoms with Crippen LogP contribution in [0, 0.1) is 6.92 Å². The van der Waals surface area contributed by atoms with Gasteiger partial charge < -0.3 is 15.0 Å². The SMILES string of the molecule is Cc1cccc(CN(C(=O)COc2ccccc2C(C)C)[C@H](Cc2ccccc2)C(=O)NC(C)C)c1. The first-order chi connectivity index (χ1) is 17.2. The van der Waals surface area contributed by atoms with Crippen LogP contribution in [-0.4, -0.2) is 35.4 Å². The van der Waals surface area contributed by atoms with Gasteiger partial charge in [-0.05, 0) is 49.4 Å². The highest BCUT2D eigenvalue weighted by molar-refractivity contribution is 5.88. The van der Waals surface area contributed by atoms with Crippen molar-refractivity contribution >= 4 is 11.8 Å². The highest BCUT2D eigenvalue weighted by Crippen LogP contribution is 2.26. The van der Waals surface area contributed by atoms with Crippen molar-refractivity contribution < 1.29 is 14.3 Å². The van der Waals surface area contributed by atoms with E-state index in [1.165, 1.54) is 0 Å². The van der Waals surface area contributed by atoms with E-state index in [0.29, 0.717) is 18.7 Å². The van der Waals surface area contributed by atoms with Crippen LogP contribution in [0.25, 0.3) is 0 Å². The normalized spacial score (nSPS) is 11.9. The summed E-state index contributed by atoms with van der Waals surface area (Å²) in [6.07, 6.45) is 0.416. The van der Waals surface area contributed by atoms with Crippen LogP contribution in [0.3, 0.4) is 0 Å². The molecule has 3 aromatic rings. The van der Waals surface area contributed by atoms with Gasteiger partial charge in [-0.2, -0.15) is 0 Å². The highest BCUT2D eigenvalue weighted by atomic mass is 16.5. The van der Waals surface area contributed by atoms with Crippen molar-refractivity contribution in [3.63, 3.8) is 0 Å². The average Bonchev–Trinajstić information content (AvgIpc) is 2.85. The number of benzene rings is 3. The fourth-order valence-corrected chi connectivity index (χ4v) is 4.25. The first-order valence-electron chi connectivity index (χ1n) is 12.7. The second-order valence-electron chi connectivity index (χ2n) is 9.86. The van der Waals surface area contributed by atoms with Gasteiger partial charge in [0.05, 0.1) is 0 Å².